The molecule has 0 heterocycles. The van der Waals surface area contributed by atoms with E-state index in [4.69, 9.17) is 0 Å². The Hall–Kier alpha value is -1.57. The summed E-state index contributed by atoms with van der Waals surface area (Å²) in [5.74, 6) is -0.0812. The smallest absolute Gasteiger partial charge is 0.153 e. The second-order valence-electron chi connectivity index (χ2n) is 3.91. The van der Waals surface area contributed by atoms with Crippen molar-refractivity contribution in [1.82, 2.24) is 0 Å². The minimum atomic E-state index is -0.0406. The largest absolute Gasteiger partial charge is 0.507 e. The monoisotopic (exact) mass is 338 g/mol. The van der Waals surface area contributed by atoms with E-state index in [0.29, 0.717) is 12.6 Å². The van der Waals surface area contributed by atoms with Crippen LogP contribution in [-0.4, -0.2) is 22.8 Å². The molecule has 0 spiro atoms. The van der Waals surface area contributed by atoms with Crippen LogP contribution in [0.25, 0.3) is 0 Å². The molecular formula is C14H10O4S3. The van der Waals surface area contributed by atoms with Crippen LogP contribution in [0.15, 0.2) is 46.2 Å². The Balaban J connectivity index is 1.98. The van der Waals surface area contributed by atoms with Gasteiger partial charge in [0.25, 0.3) is 0 Å². The van der Waals surface area contributed by atoms with Crippen LogP contribution in [0.3, 0.4) is 0 Å². The second kappa shape index (κ2) is 7.44. The molecule has 108 valence electrons. The van der Waals surface area contributed by atoms with Crippen molar-refractivity contribution < 1.29 is 19.8 Å². The second-order valence-corrected chi connectivity index (χ2v) is 7.96. The number of phenolic OH excluding ortho intramolecular Hbond substituents is 2. The molecule has 7 heteroatoms. The van der Waals surface area contributed by atoms with Crippen LogP contribution in [0, 0.1) is 0 Å². The lowest BCUT2D eigenvalue weighted by Gasteiger charge is -2.04. The number of aromatic hydroxyl groups is 2. The van der Waals surface area contributed by atoms with Gasteiger partial charge in [-0.15, -0.1) is 0 Å². The number of hydrogen-bond acceptors (Lipinski definition) is 7. The van der Waals surface area contributed by atoms with Crippen molar-refractivity contribution in [3.63, 3.8) is 0 Å². The van der Waals surface area contributed by atoms with E-state index < -0.39 is 0 Å². The molecule has 0 saturated heterocycles. The highest BCUT2D eigenvalue weighted by Crippen LogP contribution is 2.45. The highest BCUT2D eigenvalue weighted by Gasteiger charge is 2.05. The normalized spacial score (nSPS) is 10.3. The summed E-state index contributed by atoms with van der Waals surface area (Å²) in [6.07, 6.45) is 1.21. The maximum atomic E-state index is 10.7. The lowest BCUT2D eigenvalue weighted by molar-refractivity contribution is 0.111. The van der Waals surface area contributed by atoms with Gasteiger partial charge < -0.3 is 10.2 Å². The number of carbonyl (C=O) groups is 2. The number of hydrogen-bond donors (Lipinski definition) is 2. The highest BCUT2D eigenvalue weighted by atomic mass is 33.5. The van der Waals surface area contributed by atoms with Crippen LogP contribution in [0.1, 0.15) is 20.7 Å². The van der Waals surface area contributed by atoms with Crippen LogP contribution in [-0.2, 0) is 0 Å². The van der Waals surface area contributed by atoms with E-state index in [1.54, 1.807) is 24.3 Å². The molecule has 0 aliphatic rings. The van der Waals surface area contributed by atoms with Gasteiger partial charge in [0.2, 0.25) is 0 Å². The first-order chi connectivity index (χ1) is 10.1. The fourth-order valence-corrected chi connectivity index (χ4v) is 5.16. The average molecular weight is 338 g/mol. The summed E-state index contributed by atoms with van der Waals surface area (Å²) in [5, 5.41) is 18.8. The lowest BCUT2D eigenvalue weighted by Crippen LogP contribution is -1.81. The third-order valence-corrected chi connectivity index (χ3v) is 6.33. The molecule has 0 bridgehead atoms. The molecule has 0 fully saturated rings. The molecule has 0 aliphatic heterocycles. The van der Waals surface area contributed by atoms with E-state index >= 15 is 0 Å². The van der Waals surface area contributed by atoms with Crippen molar-refractivity contribution in [1.29, 1.82) is 0 Å². The van der Waals surface area contributed by atoms with Crippen molar-refractivity contribution in [2.75, 3.05) is 0 Å². The fraction of sp³-hybridized carbons (Fsp3) is 0. The fourth-order valence-electron chi connectivity index (χ4n) is 1.45. The molecule has 0 aromatic heterocycles. The van der Waals surface area contributed by atoms with E-state index in [-0.39, 0.29) is 22.6 Å². The Morgan fingerprint density at radius 3 is 1.57 bits per heavy atom. The van der Waals surface area contributed by atoms with Crippen LogP contribution < -0.4 is 0 Å². The SMILES string of the molecule is O=Cc1cc(SSSc2ccc(O)c(C=O)c2)ccc1O. The third-order valence-electron chi connectivity index (χ3n) is 2.51. The number of benzene rings is 2. The molecule has 2 aromatic carbocycles. The summed E-state index contributed by atoms with van der Waals surface area (Å²) >= 11 is 0. The lowest BCUT2D eigenvalue weighted by atomic mass is 10.2. The van der Waals surface area contributed by atoms with Gasteiger partial charge in [0.05, 0.1) is 11.1 Å². The minimum Gasteiger partial charge on any atom is -0.507 e. The van der Waals surface area contributed by atoms with Crippen molar-refractivity contribution in [2.24, 2.45) is 0 Å². The van der Waals surface area contributed by atoms with E-state index in [2.05, 4.69) is 0 Å². The van der Waals surface area contributed by atoms with Gasteiger partial charge in [-0.2, -0.15) is 0 Å². The molecule has 4 nitrogen and oxygen atoms in total. The van der Waals surface area contributed by atoms with E-state index in [1.807, 2.05) is 0 Å². The molecule has 0 unspecified atom stereocenters. The topological polar surface area (TPSA) is 74.6 Å². The van der Waals surface area contributed by atoms with Gasteiger partial charge in [-0.05, 0) is 67.8 Å². The van der Waals surface area contributed by atoms with Gasteiger partial charge in [0.1, 0.15) is 11.5 Å². The summed E-state index contributed by atoms with van der Waals surface area (Å²) in [6, 6.07) is 9.59. The van der Waals surface area contributed by atoms with Crippen LogP contribution in [0.4, 0.5) is 0 Å². The Labute approximate surface area is 132 Å². The van der Waals surface area contributed by atoms with E-state index in [1.165, 1.54) is 43.5 Å². The number of aldehydes is 2. The summed E-state index contributed by atoms with van der Waals surface area (Å²) in [5.41, 5.74) is 0.497. The van der Waals surface area contributed by atoms with Gasteiger partial charge in [0.15, 0.2) is 12.6 Å². The van der Waals surface area contributed by atoms with E-state index in [0.717, 1.165) is 9.79 Å². The predicted molar refractivity (Wildman–Crippen MR) is 86.3 cm³/mol. The van der Waals surface area contributed by atoms with Crippen LogP contribution in [0.5, 0.6) is 11.5 Å². The maximum Gasteiger partial charge on any atom is 0.153 e. The van der Waals surface area contributed by atoms with Gasteiger partial charge in [-0.3, -0.25) is 9.59 Å². The van der Waals surface area contributed by atoms with Crippen molar-refractivity contribution in [3.8, 4) is 11.5 Å². The Morgan fingerprint density at radius 1 is 0.762 bits per heavy atom. The zero-order chi connectivity index (χ0) is 15.2. The summed E-state index contributed by atoms with van der Waals surface area (Å²) in [6.45, 7) is 0. The predicted octanol–water partition coefficient (Wildman–Crippen LogP) is 4.17. The zero-order valence-electron chi connectivity index (χ0n) is 10.6. The minimum absolute atomic E-state index is 0.0406. The van der Waals surface area contributed by atoms with Crippen molar-refractivity contribution in [3.05, 3.63) is 47.5 Å². The molecule has 21 heavy (non-hydrogen) atoms. The van der Waals surface area contributed by atoms with Crippen LogP contribution in [0.2, 0.25) is 0 Å². The van der Waals surface area contributed by atoms with Crippen molar-refractivity contribution >= 4 is 44.0 Å². The average Bonchev–Trinajstić information content (AvgIpc) is 2.50. The van der Waals surface area contributed by atoms with Gasteiger partial charge in [-0.25, -0.2) is 0 Å². The zero-order valence-corrected chi connectivity index (χ0v) is 13.0. The first kappa shape index (κ1) is 15.8. The Kier molecular flexibility index (Phi) is 5.60. The summed E-state index contributed by atoms with van der Waals surface area (Å²) in [4.78, 5) is 23.1. The van der Waals surface area contributed by atoms with Crippen LogP contribution >= 0.6 is 31.4 Å². The molecule has 0 aliphatic carbocycles. The maximum absolute atomic E-state index is 10.7. The summed E-state index contributed by atoms with van der Waals surface area (Å²) in [7, 11) is 4.31. The molecule has 0 saturated carbocycles. The first-order valence-corrected chi connectivity index (χ1v) is 9.20. The highest BCUT2D eigenvalue weighted by molar-refractivity contribution is 9.09. The number of rotatable bonds is 6. The molecule has 0 radical (unpaired) electrons. The molecular weight excluding hydrogens is 328 g/mol. The quantitative estimate of drug-likeness (QED) is 0.605. The van der Waals surface area contributed by atoms with E-state index in [9.17, 15) is 19.8 Å². The molecule has 0 amide bonds. The number of carbonyl (C=O) groups excluding carboxylic acids is 2. The standard InChI is InChI=1S/C14H10O4S3/c15-7-9-5-11(1-3-13(9)17)19-21-20-12-2-4-14(18)10(6-12)8-16/h1-8,17-18H. The molecule has 2 aromatic rings. The first-order valence-electron chi connectivity index (χ1n) is 5.71. The van der Waals surface area contributed by atoms with Crippen molar-refractivity contribution in [2.45, 2.75) is 9.79 Å². The van der Waals surface area contributed by atoms with Gasteiger partial charge in [0, 0.05) is 9.79 Å². The third kappa shape index (κ3) is 4.20. The number of phenols is 2. The van der Waals surface area contributed by atoms with Gasteiger partial charge in [-0.1, -0.05) is 0 Å². The molecule has 2 N–H and O–H groups in total. The molecule has 2 rings (SSSR count). The Morgan fingerprint density at radius 2 is 1.19 bits per heavy atom. The summed E-state index contributed by atoms with van der Waals surface area (Å²) < 4.78 is 0. The molecule has 0 atom stereocenters. The Bertz CT molecular complexity index is 616. The van der Waals surface area contributed by atoms with Gasteiger partial charge >= 0.3 is 0 Å².